The van der Waals surface area contributed by atoms with E-state index in [1.807, 2.05) is 30.3 Å². The molecule has 0 unspecified atom stereocenters. The van der Waals surface area contributed by atoms with E-state index in [9.17, 15) is 0 Å². The number of nitriles is 1. The van der Waals surface area contributed by atoms with Gasteiger partial charge in [0.25, 0.3) is 0 Å². The fourth-order valence-electron chi connectivity index (χ4n) is 1.85. The van der Waals surface area contributed by atoms with Crippen molar-refractivity contribution in [2.24, 2.45) is 0 Å². The zero-order valence-electron chi connectivity index (χ0n) is 11.1. The highest BCUT2D eigenvalue weighted by Crippen LogP contribution is 2.19. The van der Waals surface area contributed by atoms with Gasteiger partial charge in [-0.1, -0.05) is 34.1 Å². The first-order valence-corrected chi connectivity index (χ1v) is 6.91. The van der Waals surface area contributed by atoms with Gasteiger partial charge in [0.1, 0.15) is 11.8 Å². The molecule has 0 aliphatic heterocycles. The first-order valence-electron chi connectivity index (χ1n) is 6.12. The Morgan fingerprint density at radius 1 is 1.10 bits per heavy atom. The van der Waals surface area contributed by atoms with E-state index in [-0.39, 0.29) is 0 Å². The first-order chi connectivity index (χ1) is 9.72. The monoisotopic (exact) mass is 331 g/mol. The smallest absolute Gasteiger partial charge is 0.136 e. The molecule has 0 saturated heterocycles. The zero-order valence-corrected chi connectivity index (χ0v) is 12.7. The van der Waals surface area contributed by atoms with Gasteiger partial charge < -0.3 is 9.47 Å². The summed E-state index contributed by atoms with van der Waals surface area (Å²) in [5, 5.41) is 9.03. The molecule has 0 aromatic heterocycles. The van der Waals surface area contributed by atoms with E-state index in [1.165, 1.54) is 0 Å². The summed E-state index contributed by atoms with van der Waals surface area (Å²) in [6.45, 7) is 0.999. The Labute approximate surface area is 126 Å². The Morgan fingerprint density at radius 2 is 1.85 bits per heavy atom. The molecule has 3 nitrogen and oxygen atoms in total. The summed E-state index contributed by atoms with van der Waals surface area (Å²) in [5.41, 5.74) is 2.58. The van der Waals surface area contributed by atoms with Gasteiger partial charge in [0.2, 0.25) is 0 Å². The van der Waals surface area contributed by atoms with Gasteiger partial charge in [-0.25, -0.2) is 0 Å². The standard InChI is InChI=1S/C16H14BrNO2/c1-19-16-6-5-13(7-14(16)9-18)11-20-10-12-3-2-4-15(17)8-12/h2-8H,10-11H2,1H3. The maximum Gasteiger partial charge on any atom is 0.136 e. The molecule has 0 fully saturated rings. The van der Waals surface area contributed by atoms with Crippen LogP contribution >= 0.6 is 15.9 Å². The van der Waals surface area contributed by atoms with Crippen LogP contribution in [0.2, 0.25) is 0 Å². The second kappa shape index (κ2) is 7.09. The molecule has 2 aromatic carbocycles. The van der Waals surface area contributed by atoms with Crippen LogP contribution in [0.1, 0.15) is 16.7 Å². The highest BCUT2D eigenvalue weighted by atomic mass is 79.9. The van der Waals surface area contributed by atoms with Gasteiger partial charge in [-0.2, -0.15) is 5.26 Å². The lowest BCUT2D eigenvalue weighted by molar-refractivity contribution is 0.107. The predicted octanol–water partition coefficient (Wildman–Crippen LogP) is 4.05. The van der Waals surface area contributed by atoms with Crippen LogP contribution in [-0.2, 0) is 18.0 Å². The molecule has 2 aromatic rings. The van der Waals surface area contributed by atoms with Crippen molar-refractivity contribution < 1.29 is 9.47 Å². The summed E-state index contributed by atoms with van der Waals surface area (Å²) >= 11 is 3.43. The first kappa shape index (κ1) is 14.6. The van der Waals surface area contributed by atoms with Crippen molar-refractivity contribution in [1.29, 1.82) is 5.26 Å². The highest BCUT2D eigenvalue weighted by molar-refractivity contribution is 9.10. The van der Waals surface area contributed by atoms with E-state index in [1.54, 1.807) is 19.2 Å². The van der Waals surface area contributed by atoms with Crippen molar-refractivity contribution in [3.05, 3.63) is 63.6 Å². The molecule has 20 heavy (non-hydrogen) atoms. The summed E-state index contributed by atoms with van der Waals surface area (Å²) in [5.74, 6) is 0.586. The number of hydrogen-bond acceptors (Lipinski definition) is 3. The maximum absolute atomic E-state index is 9.03. The number of rotatable bonds is 5. The predicted molar refractivity (Wildman–Crippen MR) is 80.3 cm³/mol. The van der Waals surface area contributed by atoms with Crippen LogP contribution in [0.15, 0.2) is 46.9 Å². The molecule has 2 rings (SSSR count). The van der Waals surface area contributed by atoms with Crippen molar-refractivity contribution >= 4 is 15.9 Å². The van der Waals surface area contributed by atoms with Crippen LogP contribution in [0, 0.1) is 11.3 Å². The fourth-order valence-corrected chi connectivity index (χ4v) is 2.29. The van der Waals surface area contributed by atoms with Crippen LogP contribution in [0.5, 0.6) is 5.75 Å². The molecule has 0 spiro atoms. The summed E-state index contributed by atoms with van der Waals surface area (Å²) < 4.78 is 11.8. The number of hydrogen-bond donors (Lipinski definition) is 0. The van der Waals surface area contributed by atoms with Crippen molar-refractivity contribution in [2.45, 2.75) is 13.2 Å². The topological polar surface area (TPSA) is 42.2 Å². The van der Waals surface area contributed by atoms with Crippen LogP contribution in [0.25, 0.3) is 0 Å². The second-order valence-electron chi connectivity index (χ2n) is 4.27. The molecule has 0 N–H and O–H groups in total. The minimum atomic E-state index is 0.463. The highest BCUT2D eigenvalue weighted by Gasteiger charge is 2.04. The molecular formula is C16H14BrNO2. The zero-order chi connectivity index (χ0) is 14.4. The van der Waals surface area contributed by atoms with Gasteiger partial charge in [-0.05, 0) is 35.4 Å². The largest absolute Gasteiger partial charge is 0.495 e. The van der Waals surface area contributed by atoms with Crippen LogP contribution < -0.4 is 4.74 Å². The van der Waals surface area contributed by atoms with Crippen LogP contribution in [0.4, 0.5) is 0 Å². The van der Waals surface area contributed by atoms with E-state index in [0.717, 1.165) is 15.6 Å². The van der Waals surface area contributed by atoms with Crippen molar-refractivity contribution in [1.82, 2.24) is 0 Å². The van der Waals surface area contributed by atoms with Gasteiger partial charge >= 0.3 is 0 Å². The fraction of sp³-hybridized carbons (Fsp3) is 0.188. The Balaban J connectivity index is 1.96. The molecule has 0 radical (unpaired) electrons. The normalized spacial score (nSPS) is 10.1. The average molecular weight is 332 g/mol. The second-order valence-corrected chi connectivity index (χ2v) is 5.18. The SMILES string of the molecule is COc1ccc(COCc2cccc(Br)c2)cc1C#N. The summed E-state index contributed by atoms with van der Waals surface area (Å²) in [6.07, 6.45) is 0. The molecule has 0 heterocycles. The van der Waals surface area contributed by atoms with Crippen molar-refractivity contribution in [3.63, 3.8) is 0 Å². The third-order valence-electron chi connectivity index (χ3n) is 2.81. The van der Waals surface area contributed by atoms with Crippen LogP contribution in [-0.4, -0.2) is 7.11 Å². The lowest BCUT2D eigenvalue weighted by atomic mass is 10.1. The molecule has 4 heteroatoms. The number of methoxy groups -OCH3 is 1. The average Bonchev–Trinajstić information content (AvgIpc) is 2.47. The van der Waals surface area contributed by atoms with E-state index < -0.39 is 0 Å². The molecule has 0 bridgehead atoms. The minimum absolute atomic E-state index is 0.463. The summed E-state index contributed by atoms with van der Waals surface area (Å²) in [6, 6.07) is 15.6. The molecule has 0 amide bonds. The summed E-state index contributed by atoms with van der Waals surface area (Å²) in [4.78, 5) is 0. The quantitative estimate of drug-likeness (QED) is 0.830. The molecule has 0 aliphatic rings. The van der Waals surface area contributed by atoms with E-state index in [0.29, 0.717) is 24.5 Å². The molecule has 0 saturated carbocycles. The Kier molecular flexibility index (Phi) is 5.16. The summed E-state index contributed by atoms with van der Waals surface area (Å²) in [7, 11) is 1.56. The maximum atomic E-state index is 9.03. The number of halogens is 1. The van der Waals surface area contributed by atoms with Gasteiger partial charge in [0.05, 0.1) is 25.9 Å². The van der Waals surface area contributed by atoms with Crippen molar-refractivity contribution in [2.75, 3.05) is 7.11 Å². The molecule has 0 atom stereocenters. The number of nitrogens with zero attached hydrogens (tertiary/aromatic N) is 1. The van der Waals surface area contributed by atoms with Gasteiger partial charge in [-0.15, -0.1) is 0 Å². The Hall–Kier alpha value is -1.83. The van der Waals surface area contributed by atoms with Gasteiger partial charge in [0, 0.05) is 4.47 Å². The van der Waals surface area contributed by atoms with Gasteiger partial charge in [-0.3, -0.25) is 0 Å². The lowest BCUT2D eigenvalue weighted by Crippen LogP contribution is -1.96. The molecule has 0 aliphatic carbocycles. The van der Waals surface area contributed by atoms with Crippen LogP contribution in [0.3, 0.4) is 0 Å². The minimum Gasteiger partial charge on any atom is -0.495 e. The number of ether oxygens (including phenoxy) is 2. The van der Waals surface area contributed by atoms with E-state index in [4.69, 9.17) is 14.7 Å². The Bertz CT molecular complexity index is 635. The molecular weight excluding hydrogens is 318 g/mol. The third-order valence-corrected chi connectivity index (χ3v) is 3.30. The van der Waals surface area contributed by atoms with Gasteiger partial charge in [0.15, 0.2) is 0 Å². The number of benzene rings is 2. The molecule has 102 valence electrons. The van der Waals surface area contributed by atoms with Crippen molar-refractivity contribution in [3.8, 4) is 11.8 Å². The lowest BCUT2D eigenvalue weighted by Gasteiger charge is -2.07. The Morgan fingerprint density at radius 3 is 2.50 bits per heavy atom. The van der Waals surface area contributed by atoms with E-state index >= 15 is 0 Å². The third kappa shape index (κ3) is 3.83. The van der Waals surface area contributed by atoms with E-state index in [2.05, 4.69) is 22.0 Å².